The molecule has 2 aromatic carbocycles. The van der Waals surface area contributed by atoms with Crippen molar-refractivity contribution in [3.63, 3.8) is 0 Å². The van der Waals surface area contributed by atoms with Gasteiger partial charge in [0.15, 0.2) is 0 Å². The predicted octanol–water partition coefficient (Wildman–Crippen LogP) is 3.41. The molecule has 1 atom stereocenters. The highest BCUT2D eigenvalue weighted by molar-refractivity contribution is 6.35. The van der Waals surface area contributed by atoms with Gasteiger partial charge in [0.1, 0.15) is 5.75 Å². The Balaban J connectivity index is 1.55. The van der Waals surface area contributed by atoms with Crippen LogP contribution in [0.5, 0.6) is 5.75 Å². The minimum absolute atomic E-state index is 0.344. The molecule has 152 valence electrons. The monoisotopic (exact) mass is 393 g/mol. The van der Waals surface area contributed by atoms with Crippen LogP contribution in [0.25, 0.3) is 10.9 Å². The first-order valence-electron chi connectivity index (χ1n) is 9.86. The second-order valence-corrected chi connectivity index (χ2v) is 7.03. The molecular weight excluding hydrogens is 366 g/mol. The molecule has 2 amide bonds. The van der Waals surface area contributed by atoms with Crippen molar-refractivity contribution in [3.8, 4) is 5.75 Å². The van der Waals surface area contributed by atoms with Gasteiger partial charge in [-0.2, -0.15) is 0 Å². The summed E-state index contributed by atoms with van der Waals surface area (Å²) < 4.78 is 5.64. The summed E-state index contributed by atoms with van der Waals surface area (Å²) in [5.41, 5.74) is 4.08. The molecule has 1 aromatic heterocycles. The summed E-state index contributed by atoms with van der Waals surface area (Å²) in [7, 11) is 0. The zero-order valence-electron chi connectivity index (χ0n) is 17.0. The Morgan fingerprint density at radius 3 is 2.72 bits per heavy atom. The van der Waals surface area contributed by atoms with Crippen LogP contribution in [0.2, 0.25) is 0 Å². The number of nitrogens with one attached hydrogen (secondary N) is 3. The Morgan fingerprint density at radius 2 is 1.93 bits per heavy atom. The van der Waals surface area contributed by atoms with Gasteiger partial charge in [-0.25, -0.2) is 0 Å². The Morgan fingerprint density at radius 1 is 1.14 bits per heavy atom. The molecule has 0 aliphatic carbocycles. The molecule has 1 heterocycles. The van der Waals surface area contributed by atoms with E-state index < -0.39 is 11.8 Å². The van der Waals surface area contributed by atoms with Crippen molar-refractivity contribution in [1.29, 1.82) is 0 Å². The first kappa shape index (κ1) is 20.5. The van der Waals surface area contributed by atoms with Gasteiger partial charge in [-0.15, -0.1) is 0 Å². The number of hydrogen-bond donors (Lipinski definition) is 3. The summed E-state index contributed by atoms with van der Waals surface area (Å²) in [6.07, 6.45) is 2.58. The van der Waals surface area contributed by atoms with Crippen LogP contribution >= 0.6 is 0 Å². The van der Waals surface area contributed by atoms with Crippen LogP contribution in [0.3, 0.4) is 0 Å². The molecule has 0 fully saturated rings. The van der Waals surface area contributed by atoms with E-state index in [1.54, 1.807) is 0 Å². The molecule has 6 nitrogen and oxygen atoms in total. The van der Waals surface area contributed by atoms with Crippen molar-refractivity contribution in [2.75, 3.05) is 13.2 Å². The molecule has 0 spiro atoms. The van der Waals surface area contributed by atoms with Crippen LogP contribution in [0.1, 0.15) is 36.6 Å². The highest BCUT2D eigenvalue weighted by Crippen LogP contribution is 2.26. The molecule has 29 heavy (non-hydrogen) atoms. The summed E-state index contributed by atoms with van der Waals surface area (Å²) >= 11 is 0. The van der Waals surface area contributed by atoms with E-state index in [0.717, 1.165) is 27.6 Å². The Kier molecular flexibility index (Phi) is 6.54. The Labute approximate surface area is 170 Å². The van der Waals surface area contributed by atoms with Gasteiger partial charge in [-0.3, -0.25) is 9.59 Å². The fraction of sp³-hybridized carbons (Fsp3) is 0.304. The van der Waals surface area contributed by atoms with Crippen molar-refractivity contribution in [1.82, 2.24) is 15.6 Å². The number of rotatable bonds is 7. The summed E-state index contributed by atoms with van der Waals surface area (Å²) in [6, 6.07) is 13.5. The zero-order valence-corrected chi connectivity index (χ0v) is 17.0. The van der Waals surface area contributed by atoms with E-state index in [1.165, 1.54) is 0 Å². The zero-order chi connectivity index (χ0) is 20.8. The molecule has 0 aliphatic heterocycles. The molecule has 0 saturated carbocycles. The fourth-order valence-corrected chi connectivity index (χ4v) is 3.36. The van der Waals surface area contributed by atoms with Crippen LogP contribution in [-0.4, -0.2) is 29.9 Å². The number of fused-ring (bicyclic) bond motifs is 1. The summed E-state index contributed by atoms with van der Waals surface area (Å²) in [5, 5.41) is 6.58. The van der Waals surface area contributed by atoms with Crippen LogP contribution in [0, 0.1) is 6.92 Å². The van der Waals surface area contributed by atoms with Crippen LogP contribution in [-0.2, 0) is 16.0 Å². The Bertz CT molecular complexity index is 1010. The van der Waals surface area contributed by atoms with Gasteiger partial charge in [0.25, 0.3) is 0 Å². The van der Waals surface area contributed by atoms with Crippen molar-refractivity contribution in [2.24, 2.45) is 0 Å². The lowest BCUT2D eigenvalue weighted by molar-refractivity contribution is -0.139. The van der Waals surface area contributed by atoms with Crippen LogP contribution in [0.4, 0.5) is 0 Å². The smallest absolute Gasteiger partial charge is 0.309 e. The number of hydrogen-bond acceptors (Lipinski definition) is 3. The van der Waals surface area contributed by atoms with Gasteiger partial charge in [-0.1, -0.05) is 35.9 Å². The molecule has 0 bridgehead atoms. The maximum atomic E-state index is 12.3. The number of amides is 2. The number of aryl methyl sites for hydroxylation is 1. The summed E-state index contributed by atoms with van der Waals surface area (Å²) in [6.45, 7) is 6.65. The molecule has 0 aliphatic rings. The number of para-hydroxylation sites is 1. The maximum Gasteiger partial charge on any atom is 0.309 e. The van der Waals surface area contributed by atoms with Crippen molar-refractivity contribution >= 4 is 22.7 Å². The summed E-state index contributed by atoms with van der Waals surface area (Å²) in [5.74, 6) is -0.576. The topological polar surface area (TPSA) is 83.2 Å². The third-order valence-electron chi connectivity index (χ3n) is 4.84. The third kappa shape index (κ3) is 4.96. The normalized spacial score (nSPS) is 11.8. The number of carbonyl (C=O) groups is 2. The van der Waals surface area contributed by atoms with Gasteiger partial charge in [-0.05, 0) is 44.9 Å². The van der Waals surface area contributed by atoms with Crippen molar-refractivity contribution in [2.45, 2.75) is 33.2 Å². The van der Waals surface area contributed by atoms with E-state index in [9.17, 15) is 9.59 Å². The highest BCUT2D eigenvalue weighted by Gasteiger charge is 2.19. The molecule has 1 unspecified atom stereocenters. The molecule has 3 rings (SSSR count). The van der Waals surface area contributed by atoms with Crippen LogP contribution < -0.4 is 15.4 Å². The first-order valence-corrected chi connectivity index (χ1v) is 9.86. The second kappa shape index (κ2) is 9.28. The molecule has 6 heteroatoms. The quantitative estimate of drug-likeness (QED) is 0.538. The van der Waals surface area contributed by atoms with Crippen molar-refractivity contribution < 1.29 is 14.3 Å². The molecule has 3 aromatic rings. The van der Waals surface area contributed by atoms with E-state index in [1.807, 2.05) is 69.4 Å². The maximum absolute atomic E-state index is 12.3. The number of benzene rings is 2. The Hall–Kier alpha value is -3.28. The van der Waals surface area contributed by atoms with Gasteiger partial charge in [0.05, 0.1) is 12.6 Å². The lowest BCUT2D eigenvalue weighted by Gasteiger charge is -2.18. The van der Waals surface area contributed by atoms with E-state index in [2.05, 4.69) is 15.6 Å². The van der Waals surface area contributed by atoms with Gasteiger partial charge in [0, 0.05) is 29.2 Å². The minimum Gasteiger partial charge on any atom is -0.494 e. The first-order chi connectivity index (χ1) is 14.0. The number of ether oxygens (including phenoxy) is 1. The van der Waals surface area contributed by atoms with Crippen molar-refractivity contribution in [3.05, 3.63) is 65.4 Å². The number of carbonyl (C=O) groups excluding carboxylic acids is 2. The second-order valence-electron chi connectivity index (χ2n) is 7.03. The largest absolute Gasteiger partial charge is 0.494 e. The standard InChI is InChI=1S/C23H27N3O3/c1-4-29-21-10-9-15(2)13-19(21)16(3)26-23(28)22(27)24-12-11-17-14-25-20-8-6-5-7-18(17)20/h5-10,13-14,16,25H,4,11-12H2,1-3H3,(H,24,27)(H,26,28). The molecular formula is C23H27N3O3. The number of aromatic amines is 1. The minimum atomic E-state index is -0.652. The predicted molar refractivity (Wildman–Crippen MR) is 114 cm³/mol. The van der Waals surface area contributed by atoms with Gasteiger partial charge < -0.3 is 20.4 Å². The van der Waals surface area contributed by atoms with Gasteiger partial charge in [0.2, 0.25) is 0 Å². The average Bonchev–Trinajstić information content (AvgIpc) is 3.12. The SMILES string of the molecule is CCOc1ccc(C)cc1C(C)NC(=O)C(=O)NCCc1c[nH]c2ccccc12. The van der Waals surface area contributed by atoms with E-state index >= 15 is 0 Å². The van der Waals surface area contributed by atoms with Gasteiger partial charge >= 0.3 is 11.8 Å². The number of H-pyrrole nitrogens is 1. The molecule has 3 N–H and O–H groups in total. The molecule has 0 saturated heterocycles. The van der Waals surface area contributed by atoms with Crippen LogP contribution in [0.15, 0.2) is 48.7 Å². The van der Waals surface area contributed by atoms with E-state index in [0.29, 0.717) is 25.3 Å². The summed E-state index contributed by atoms with van der Waals surface area (Å²) in [4.78, 5) is 27.7. The fourth-order valence-electron chi connectivity index (χ4n) is 3.36. The highest BCUT2D eigenvalue weighted by atomic mass is 16.5. The number of aromatic nitrogens is 1. The van der Waals surface area contributed by atoms with E-state index in [-0.39, 0.29) is 6.04 Å². The third-order valence-corrected chi connectivity index (χ3v) is 4.84. The molecule has 0 radical (unpaired) electrons. The lowest BCUT2D eigenvalue weighted by atomic mass is 10.0. The lowest BCUT2D eigenvalue weighted by Crippen LogP contribution is -2.41. The average molecular weight is 393 g/mol. The van der Waals surface area contributed by atoms with E-state index in [4.69, 9.17) is 4.74 Å².